The highest BCUT2D eigenvalue weighted by molar-refractivity contribution is 6.42. The van der Waals surface area contributed by atoms with Gasteiger partial charge in [0.2, 0.25) is 0 Å². The van der Waals surface area contributed by atoms with Crippen molar-refractivity contribution in [1.82, 2.24) is 29.8 Å². The number of hydrogen-bond donors (Lipinski definition) is 1. The molecule has 0 fully saturated rings. The van der Waals surface area contributed by atoms with Crippen molar-refractivity contribution < 1.29 is 9.47 Å². The average molecular weight is 441 g/mol. The van der Waals surface area contributed by atoms with Crippen LogP contribution in [-0.2, 0) is 6.61 Å². The lowest BCUT2D eigenvalue weighted by molar-refractivity contribution is 0.297. The first-order chi connectivity index (χ1) is 14.6. The zero-order valence-electron chi connectivity index (χ0n) is 15.6. The maximum Gasteiger partial charge on any atom is 0.182 e. The summed E-state index contributed by atoms with van der Waals surface area (Å²) in [6.07, 6.45) is 3.28. The summed E-state index contributed by atoms with van der Waals surface area (Å²) in [5.74, 6) is 1.73. The summed E-state index contributed by atoms with van der Waals surface area (Å²) in [4.78, 5) is 8.93. The molecule has 0 radical (unpaired) electrons. The van der Waals surface area contributed by atoms with E-state index in [2.05, 4.69) is 25.3 Å². The summed E-state index contributed by atoms with van der Waals surface area (Å²) >= 11 is 12.3. The van der Waals surface area contributed by atoms with Crippen LogP contribution < -0.4 is 9.47 Å². The van der Waals surface area contributed by atoms with Crippen LogP contribution >= 0.6 is 23.2 Å². The van der Waals surface area contributed by atoms with Gasteiger partial charge < -0.3 is 9.47 Å². The summed E-state index contributed by atoms with van der Waals surface area (Å²) in [5, 5.41) is 13.0. The first kappa shape index (κ1) is 18.7. The van der Waals surface area contributed by atoms with Gasteiger partial charge >= 0.3 is 0 Å². The molecular formula is C20H14Cl2N6O2. The van der Waals surface area contributed by atoms with Crippen molar-refractivity contribution in [2.75, 3.05) is 7.11 Å². The van der Waals surface area contributed by atoms with Crippen molar-refractivity contribution in [2.45, 2.75) is 6.61 Å². The zero-order valence-corrected chi connectivity index (χ0v) is 17.1. The minimum Gasteiger partial charge on any atom is -0.496 e. The Bertz CT molecular complexity index is 1380. The molecule has 3 heterocycles. The van der Waals surface area contributed by atoms with E-state index in [0.29, 0.717) is 38.7 Å². The highest BCUT2D eigenvalue weighted by Gasteiger charge is 2.14. The van der Waals surface area contributed by atoms with Crippen LogP contribution in [0.2, 0.25) is 10.0 Å². The van der Waals surface area contributed by atoms with E-state index in [0.717, 1.165) is 16.5 Å². The molecule has 0 atom stereocenters. The van der Waals surface area contributed by atoms with Crippen molar-refractivity contribution in [2.24, 2.45) is 0 Å². The minimum atomic E-state index is 0.234. The largest absolute Gasteiger partial charge is 0.496 e. The first-order valence-corrected chi connectivity index (χ1v) is 9.68. The fourth-order valence-corrected chi connectivity index (χ4v) is 3.49. The normalized spacial score (nSPS) is 11.3. The van der Waals surface area contributed by atoms with Gasteiger partial charge in [-0.1, -0.05) is 29.3 Å². The van der Waals surface area contributed by atoms with Crippen LogP contribution in [0.15, 0.2) is 48.9 Å². The standard InChI is InChI=1S/C20H14Cl2N6O2/c1-29-15-6-5-11(7-12(15)9-30-16-4-2-3-14(21)17(16)22)18-25-20-13-8-24-26-19(13)23-10-28(20)27-18/h2-8,10H,9H2,1H3,(H,24,26). The maximum absolute atomic E-state index is 6.22. The van der Waals surface area contributed by atoms with E-state index < -0.39 is 0 Å². The molecule has 0 aliphatic rings. The number of benzene rings is 2. The number of nitrogens with zero attached hydrogens (tertiary/aromatic N) is 5. The molecule has 5 aromatic rings. The molecule has 0 saturated carbocycles. The quantitative estimate of drug-likeness (QED) is 0.430. The van der Waals surface area contributed by atoms with Gasteiger partial charge in [0, 0.05) is 11.1 Å². The van der Waals surface area contributed by atoms with Gasteiger partial charge in [0.15, 0.2) is 17.1 Å². The number of ether oxygens (including phenoxy) is 2. The van der Waals surface area contributed by atoms with E-state index in [1.54, 1.807) is 42.3 Å². The van der Waals surface area contributed by atoms with E-state index in [1.807, 2.05) is 18.2 Å². The molecule has 5 rings (SSSR count). The van der Waals surface area contributed by atoms with Crippen LogP contribution in [0.3, 0.4) is 0 Å². The fraction of sp³-hybridized carbons (Fsp3) is 0.100. The number of nitrogens with one attached hydrogen (secondary N) is 1. The summed E-state index contributed by atoms with van der Waals surface area (Å²) in [5.41, 5.74) is 2.95. The van der Waals surface area contributed by atoms with Gasteiger partial charge in [-0.3, -0.25) is 5.10 Å². The smallest absolute Gasteiger partial charge is 0.182 e. The zero-order chi connectivity index (χ0) is 20.7. The molecule has 0 bridgehead atoms. The summed E-state index contributed by atoms with van der Waals surface area (Å²) in [6.45, 7) is 0.234. The molecule has 0 aliphatic carbocycles. The molecule has 2 aromatic carbocycles. The highest BCUT2D eigenvalue weighted by Crippen LogP contribution is 2.33. The number of rotatable bonds is 5. The van der Waals surface area contributed by atoms with Crippen LogP contribution in [0.5, 0.6) is 11.5 Å². The van der Waals surface area contributed by atoms with Crippen molar-refractivity contribution in [3.63, 3.8) is 0 Å². The molecular weight excluding hydrogens is 427 g/mol. The van der Waals surface area contributed by atoms with Crippen LogP contribution in [0.1, 0.15) is 5.56 Å². The van der Waals surface area contributed by atoms with E-state index >= 15 is 0 Å². The Kier molecular flexibility index (Phi) is 4.65. The topological polar surface area (TPSA) is 90.2 Å². The number of fused-ring (bicyclic) bond motifs is 3. The van der Waals surface area contributed by atoms with Crippen molar-refractivity contribution in [3.05, 3.63) is 64.5 Å². The molecule has 0 aliphatic heterocycles. The van der Waals surface area contributed by atoms with E-state index in [9.17, 15) is 0 Å². The molecule has 0 amide bonds. The Balaban J connectivity index is 1.51. The number of methoxy groups -OCH3 is 1. The van der Waals surface area contributed by atoms with Crippen molar-refractivity contribution in [3.8, 4) is 22.9 Å². The molecule has 150 valence electrons. The van der Waals surface area contributed by atoms with Crippen LogP contribution in [-0.4, -0.2) is 36.9 Å². The maximum atomic E-state index is 6.22. The lowest BCUT2D eigenvalue weighted by atomic mass is 10.1. The average Bonchev–Trinajstić information content (AvgIpc) is 3.41. The van der Waals surface area contributed by atoms with Gasteiger partial charge in [-0.15, -0.1) is 5.10 Å². The Morgan fingerprint density at radius 1 is 1.13 bits per heavy atom. The third-order valence-corrected chi connectivity index (χ3v) is 5.43. The monoisotopic (exact) mass is 440 g/mol. The molecule has 8 nitrogen and oxygen atoms in total. The van der Waals surface area contributed by atoms with E-state index in [1.165, 1.54) is 0 Å². The predicted octanol–water partition coefficient (Wildman–Crippen LogP) is 4.56. The Labute approximate surface area is 180 Å². The molecule has 1 N–H and O–H groups in total. The number of aromatic nitrogens is 6. The molecule has 0 unspecified atom stereocenters. The lowest BCUT2D eigenvalue weighted by Crippen LogP contribution is -2.00. The number of hydrogen-bond acceptors (Lipinski definition) is 6. The minimum absolute atomic E-state index is 0.234. The predicted molar refractivity (Wildman–Crippen MR) is 113 cm³/mol. The van der Waals surface area contributed by atoms with Gasteiger partial charge in [0.25, 0.3) is 0 Å². The highest BCUT2D eigenvalue weighted by atomic mass is 35.5. The second-order valence-corrected chi connectivity index (χ2v) is 7.23. The van der Waals surface area contributed by atoms with Gasteiger partial charge in [0.05, 0.1) is 23.7 Å². The molecule has 30 heavy (non-hydrogen) atoms. The van der Waals surface area contributed by atoms with Crippen LogP contribution in [0.25, 0.3) is 28.1 Å². The second kappa shape index (κ2) is 7.47. The number of halogens is 2. The van der Waals surface area contributed by atoms with Gasteiger partial charge in [0.1, 0.15) is 29.5 Å². The molecule has 0 saturated heterocycles. The number of H-pyrrole nitrogens is 1. The van der Waals surface area contributed by atoms with Crippen LogP contribution in [0.4, 0.5) is 0 Å². The Morgan fingerprint density at radius 3 is 2.90 bits per heavy atom. The van der Waals surface area contributed by atoms with E-state index in [4.69, 9.17) is 32.7 Å². The van der Waals surface area contributed by atoms with Gasteiger partial charge in [-0.2, -0.15) is 5.10 Å². The third kappa shape index (κ3) is 3.20. The fourth-order valence-electron chi connectivity index (χ4n) is 3.15. The molecule has 10 heteroatoms. The second-order valence-electron chi connectivity index (χ2n) is 6.45. The van der Waals surface area contributed by atoms with E-state index in [-0.39, 0.29) is 6.61 Å². The van der Waals surface area contributed by atoms with Gasteiger partial charge in [-0.25, -0.2) is 14.5 Å². The molecule has 0 spiro atoms. The summed E-state index contributed by atoms with van der Waals surface area (Å²) < 4.78 is 13.0. The first-order valence-electron chi connectivity index (χ1n) is 8.92. The number of aromatic amines is 1. The Hall–Kier alpha value is -3.36. The van der Waals surface area contributed by atoms with Crippen molar-refractivity contribution in [1.29, 1.82) is 0 Å². The van der Waals surface area contributed by atoms with Gasteiger partial charge in [-0.05, 0) is 30.3 Å². The van der Waals surface area contributed by atoms with Crippen molar-refractivity contribution >= 4 is 39.9 Å². The third-order valence-electron chi connectivity index (χ3n) is 4.63. The summed E-state index contributed by atoms with van der Waals surface area (Å²) in [6, 6.07) is 10.9. The summed E-state index contributed by atoms with van der Waals surface area (Å²) in [7, 11) is 1.61. The Morgan fingerprint density at radius 2 is 2.03 bits per heavy atom. The molecule has 3 aromatic heterocycles. The van der Waals surface area contributed by atoms with Crippen LogP contribution in [0, 0.1) is 0 Å². The SMILES string of the molecule is COc1ccc(-c2nc3c4cn[nH]c4ncn3n2)cc1COc1cccc(Cl)c1Cl. The lowest BCUT2D eigenvalue weighted by Gasteiger charge is -2.12.